The van der Waals surface area contributed by atoms with Crippen LogP contribution in [0.3, 0.4) is 0 Å². The molecule has 3 rings (SSSR count). The van der Waals surface area contributed by atoms with E-state index in [1.165, 1.54) is 14.0 Å². The summed E-state index contributed by atoms with van der Waals surface area (Å²) in [5.41, 5.74) is 0. The van der Waals surface area contributed by atoms with Crippen molar-refractivity contribution in [2.24, 2.45) is 0 Å². The lowest BCUT2D eigenvalue weighted by Gasteiger charge is -2.44. The van der Waals surface area contributed by atoms with Gasteiger partial charge in [0.15, 0.2) is 6.29 Å². The maximum Gasteiger partial charge on any atom is 0.229 e. The smallest absolute Gasteiger partial charge is 0.229 e. The molecule has 1 amide bonds. The molecule has 13 heteroatoms. The maximum absolute atomic E-state index is 11.5. The van der Waals surface area contributed by atoms with Crippen molar-refractivity contribution in [1.82, 2.24) is 5.32 Å². The van der Waals surface area contributed by atoms with Gasteiger partial charge in [-0.3, -0.25) is 4.79 Å². The number of carbonyl (C=O) groups is 1. The zero-order chi connectivity index (χ0) is 25.0. The van der Waals surface area contributed by atoms with Crippen LogP contribution in [0.5, 0.6) is 11.5 Å². The molecular formula is C21H31NO12. The van der Waals surface area contributed by atoms with Gasteiger partial charge in [0.25, 0.3) is 0 Å². The van der Waals surface area contributed by atoms with E-state index in [9.17, 15) is 35.4 Å². The van der Waals surface area contributed by atoms with Gasteiger partial charge in [-0.1, -0.05) is 0 Å². The summed E-state index contributed by atoms with van der Waals surface area (Å²) < 4.78 is 27.3. The van der Waals surface area contributed by atoms with Crippen molar-refractivity contribution in [3.05, 3.63) is 24.3 Å². The molecule has 0 bridgehead atoms. The zero-order valence-corrected chi connectivity index (χ0v) is 18.6. The van der Waals surface area contributed by atoms with E-state index in [2.05, 4.69) is 5.32 Å². The number of carbonyl (C=O) groups excluding carboxylic acids is 1. The van der Waals surface area contributed by atoms with Crippen LogP contribution in [0.2, 0.25) is 0 Å². The number of ether oxygens (including phenoxy) is 5. The average Bonchev–Trinajstić information content (AvgIpc) is 2.82. The van der Waals surface area contributed by atoms with E-state index in [-0.39, 0.29) is 0 Å². The number of nitrogens with one attached hydrogen (secondary N) is 1. The van der Waals surface area contributed by atoms with Gasteiger partial charge < -0.3 is 59.6 Å². The second-order valence-electron chi connectivity index (χ2n) is 8.07. The van der Waals surface area contributed by atoms with Crippen molar-refractivity contribution >= 4 is 5.91 Å². The molecule has 10 atom stereocenters. The largest absolute Gasteiger partial charge is 0.497 e. The van der Waals surface area contributed by atoms with Gasteiger partial charge in [-0.25, -0.2) is 0 Å². The Morgan fingerprint density at radius 2 is 1.47 bits per heavy atom. The number of rotatable bonds is 8. The maximum atomic E-state index is 11.5. The van der Waals surface area contributed by atoms with Crippen molar-refractivity contribution in [3.63, 3.8) is 0 Å². The minimum absolute atomic E-state index is 0.303. The van der Waals surface area contributed by atoms with Crippen molar-refractivity contribution in [1.29, 1.82) is 0 Å². The molecule has 2 heterocycles. The van der Waals surface area contributed by atoms with Gasteiger partial charge in [0.1, 0.15) is 60.3 Å². The van der Waals surface area contributed by atoms with Crippen molar-refractivity contribution in [2.75, 3.05) is 20.3 Å². The van der Waals surface area contributed by atoms with Crippen LogP contribution >= 0.6 is 0 Å². The van der Waals surface area contributed by atoms with Gasteiger partial charge in [0.05, 0.1) is 20.3 Å². The summed E-state index contributed by atoms with van der Waals surface area (Å²) in [6, 6.07) is 5.17. The van der Waals surface area contributed by atoms with Crippen LogP contribution in [-0.2, 0) is 19.0 Å². The molecule has 2 fully saturated rings. The normalized spacial score (nSPS) is 38.2. The lowest BCUT2D eigenvalue weighted by Crippen LogP contribution is -2.65. The minimum atomic E-state index is -1.64. The van der Waals surface area contributed by atoms with Crippen molar-refractivity contribution in [3.8, 4) is 11.5 Å². The second kappa shape index (κ2) is 11.6. The molecule has 13 nitrogen and oxygen atoms in total. The van der Waals surface area contributed by atoms with Crippen LogP contribution in [0.15, 0.2) is 24.3 Å². The summed E-state index contributed by atoms with van der Waals surface area (Å²) in [4.78, 5) is 11.5. The number of aliphatic hydroxyl groups is 6. The molecule has 7 N–H and O–H groups in total. The Morgan fingerprint density at radius 1 is 0.882 bits per heavy atom. The van der Waals surface area contributed by atoms with Crippen LogP contribution in [-0.4, -0.2) is 118 Å². The van der Waals surface area contributed by atoms with Gasteiger partial charge >= 0.3 is 0 Å². The first kappa shape index (κ1) is 26.5. The SMILES string of the molecule is COc1ccc(O[C@@H]2O[C@H](CO[C@H]3O[C@H](CO)[C@@H](O)[C@H](O)[C@H]3NC(C)=O)[C@H](O)[C@H](O)[C@H]2O)cc1. The van der Waals surface area contributed by atoms with E-state index < -0.39 is 80.5 Å². The van der Waals surface area contributed by atoms with Gasteiger partial charge in [0.2, 0.25) is 12.2 Å². The molecule has 2 aliphatic rings. The third-order valence-corrected chi connectivity index (χ3v) is 5.66. The highest BCUT2D eigenvalue weighted by atomic mass is 16.7. The molecular weight excluding hydrogens is 458 g/mol. The van der Waals surface area contributed by atoms with Gasteiger partial charge in [-0.2, -0.15) is 0 Å². The van der Waals surface area contributed by atoms with Crippen LogP contribution < -0.4 is 14.8 Å². The average molecular weight is 489 g/mol. The molecule has 1 aromatic carbocycles. The van der Waals surface area contributed by atoms with E-state index in [0.717, 1.165) is 0 Å². The van der Waals surface area contributed by atoms with E-state index in [4.69, 9.17) is 23.7 Å². The first-order valence-corrected chi connectivity index (χ1v) is 10.7. The fraction of sp³-hybridized carbons (Fsp3) is 0.667. The standard InChI is InChI=1S/C21H31NO12/c1-9(24)22-14-17(27)15(25)12(7-23)33-20(14)31-8-13-16(26)18(28)19(29)21(34-13)32-11-5-3-10(30-2)4-6-11/h3-6,12-21,23,25-29H,7-8H2,1-2H3,(H,22,24)/t12-,13-,14-,15-,16+,17-,18+,19-,20+,21-/m1/s1. The Morgan fingerprint density at radius 3 is 2.06 bits per heavy atom. The van der Waals surface area contributed by atoms with Crippen LogP contribution in [0.25, 0.3) is 0 Å². The summed E-state index contributed by atoms with van der Waals surface area (Å²) in [5, 5.41) is 63.2. The Balaban J connectivity index is 1.68. The first-order chi connectivity index (χ1) is 16.2. The summed E-state index contributed by atoms with van der Waals surface area (Å²) in [6.07, 6.45) is -12.9. The van der Waals surface area contributed by atoms with Crippen molar-refractivity contribution in [2.45, 2.75) is 68.3 Å². The summed E-state index contributed by atoms with van der Waals surface area (Å²) in [7, 11) is 1.50. The predicted octanol–water partition coefficient (Wildman–Crippen LogP) is -3.16. The fourth-order valence-electron chi connectivity index (χ4n) is 3.74. The Hall–Kier alpha value is -2.07. The quantitative estimate of drug-likeness (QED) is 0.194. The minimum Gasteiger partial charge on any atom is -0.497 e. The molecule has 192 valence electrons. The number of hydrogen-bond acceptors (Lipinski definition) is 12. The van der Waals surface area contributed by atoms with E-state index in [0.29, 0.717) is 11.5 Å². The van der Waals surface area contributed by atoms with Gasteiger partial charge in [-0.05, 0) is 24.3 Å². The molecule has 2 aliphatic heterocycles. The Bertz CT molecular complexity index is 794. The number of methoxy groups -OCH3 is 1. The molecule has 1 aromatic rings. The third kappa shape index (κ3) is 5.94. The van der Waals surface area contributed by atoms with Gasteiger partial charge in [-0.15, -0.1) is 0 Å². The van der Waals surface area contributed by atoms with Crippen LogP contribution in [0, 0.1) is 0 Å². The first-order valence-electron chi connectivity index (χ1n) is 10.7. The summed E-state index contributed by atoms with van der Waals surface area (Å²) in [6.45, 7) is 0.145. The predicted molar refractivity (Wildman–Crippen MR) is 112 cm³/mol. The number of amides is 1. The highest BCUT2D eigenvalue weighted by Crippen LogP contribution is 2.27. The monoisotopic (exact) mass is 489 g/mol. The van der Waals surface area contributed by atoms with E-state index >= 15 is 0 Å². The molecule has 0 saturated carbocycles. The molecule has 0 aromatic heterocycles. The highest BCUT2D eigenvalue weighted by Gasteiger charge is 2.48. The number of hydrogen-bond donors (Lipinski definition) is 7. The lowest BCUT2D eigenvalue weighted by molar-refractivity contribution is -0.306. The second-order valence-corrected chi connectivity index (χ2v) is 8.07. The molecule has 0 radical (unpaired) electrons. The van der Waals surface area contributed by atoms with Crippen molar-refractivity contribution < 1.29 is 59.1 Å². The summed E-state index contributed by atoms with van der Waals surface area (Å²) >= 11 is 0. The Kier molecular flexibility index (Phi) is 9.03. The molecule has 0 aliphatic carbocycles. The summed E-state index contributed by atoms with van der Waals surface area (Å²) in [5.74, 6) is 0.350. The number of aliphatic hydroxyl groups excluding tert-OH is 6. The van der Waals surface area contributed by atoms with E-state index in [1.807, 2.05) is 0 Å². The molecule has 0 spiro atoms. The van der Waals surface area contributed by atoms with Crippen LogP contribution in [0.4, 0.5) is 0 Å². The highest BCUT2D eigenvalue weighted by molar-refractivity contribution is 5.73. The molecule has 0 unspecified atom stereocenters. The Labute approximate surface area is 195 Å². The van der Waals surface area contributed by atoms with Gasteiger partial charge in [0, 0.05) is 6.92 Å². The van der Waals surface area contributed by atoms with E-state index in [1.54, 1.807) is 24.3 Å². The third-order valence-electron chi connectivity index (χ3n) is 5.66. The molecule has 34 heavy (non-hydrogen) atoms. The fourth-order valence-corrected chi connectivity index (χ4v) is 3.74. The molecule has 2 saturated heterocycles. The van der Waals surface area contributed by atoms with Crippen LogP contribution in [0.1, 0.15) is 6.92 Å². The zero-order valence-electron chi connectivity index (χ0n) is 18.6. The number of benzene rings is 1. The lowest BCUT2D eigenvalue weighted by atomic mass is 9.96. The topological polar surface area (TPSA) is 197 Å².